The highest BCUT2D eigenvalue weighted by atomic mass is 16.5. The van der Waals surface area contributed by atoms with Crippen molar-refractivity contribution in [3.8, 4) is 0 Å². The Bertz CT molecular complexity index is 380. The van der Waals surface area contributed by atoms with Gasteiger partial charge in [0, 0.05) is 39.2 Å². The molecule has 0 spiro atoms. The van der Waals surface area contributed by atoms with Gasteiger partial charge in [-0.15, -0.1) is 0 Å². The molecule has 0 radical (unpaired) electrons. The lowest BCUT2D eigenvalue weighted by Gasteiger charge is -2.32. The van der Waals surface area contributed by atoms with Gasteiger partial charge in [-0.3, -0.25) is 0 Å². The lowest BCUT2D eigenvalue weighted by Crippen LogP contribution is -2.37. The van der Waals surface area contributed by atoms with Crippen molar-refractivity contribution < 1.29 is 4.74 Å². The molecule has 1 fully saturated rings. The van der Waals surface area contributed by atoms with Crippen LogP contribution >= 0.6 is 0 Å². The van der Waals surface area contributed by atoms with Gasteiger partial charge in [-0.25, -0.2) is 9.97 Å². The molecule has 1 aromatic heterocycles. The van der Waals surface area contributed by atoms with Crippen LogP contribution < -0.4 is 10.2 Å². The molecule has 2 heterocycles. The van der Waals surface area contributed by atoms with Crippen molar-refractivity contribution in [2.24, 2.45) is 0 Å². The smallest absolute Gasteiger partial charge is 0.134 e. The molecule has 0 saturated carbocycles. The lowest BCUT2D eigenvalue weighted by molar-refractivity contribution is 0.0458. The Labute approximate surface area is 115 Å². The normalized spacial score (nSPS) is 16.7. The van der Waals surface area contributed by atoms with Gasteiger partial charge < -0.3 is 15.0 Å². The van der Waals surface area contributed by atoms with Crippen molar-refractivity contribution in [3.63, 3.8) is 0 Å². The van der Waals surface area contributed by atoms with Crippen LogP contribution in [0.25, 0.3) is 0 Å². The second-order valence-corrected chi connectivity index (χ2v) is 4.77. The Morgan fingerprint density at radius 2 is 2.05 bits per heavy atom. The molecule has 0 bridgehead atoms. The Morgan fingerprint density at radius 3 is 2.63 bits per heavy atom. The van der Waals surface area contributed by atoms with Gasteiger partial charge in [-0.1, -0.05) is 6.92 Å². The van der Waals surface area contributed by atoms with Gasteiger partial charge in [0.2, 0.25) is 0 Å². The number of aromatic nitrogens is 2. The number of ether oxygens (including phenoxy) is 1. The molecule has 106 valence electrons. The van der Waals surface area contributed by atoms with E-state index in [1.54, 1.807) is 0 Å². The minimum Gasteiger partial charge on any atom is -0.378 e. The minimum atomic E-state index is 0.414. The number of rotatable bonds is 5. The molecule has 1 saturated heterocycles. The summed E-state index contributed by atoms with van der Waals surface area (Å²) in [5, 5.41) is 3.11. The first-order chi connectivity index (χ1) is 9.26. The fraction of sp³-hybridized carbons (Fsp3) is 0.714. The van der Waals surface area contributed by atoms with Gasteiger partial charge in [0.1, 0.15) is 17.5 Å². The first-order valence-corrected chi connectivity index (χ1v) is 7.19. The van der Waals surface area contributed by atoms with Crippen LogP contribution in [0.1, 0.15) is 32.5 Å². The summed E-state index contributed by atoms with van der Waals surface area (Å²) in [6, 6.07) is 2.03. The summed E-state index contributed by atoms with van der Waals surface area (Å²) < 4.78 is 5.69. The first-order valence-electron chi connectivity index (χ1n) is 7.19. The quantitative estimate of drug-likeness (QED) is 0.882. The molecule has 1 aromatic rings. The largest absolute Gasteiger partial charge is 0.378 e. The second-order valence-electron chi connectivity index (χ2n) is 4.77. The predicted octanol–water partition coefficient (Wildman–Crippen LogP) is 2.09. The van der Waals surface area contributed by atoms with Crippen LogP contribution in [0.5, 0.6) is 0 Å². The zero-order valence-corrected chi connectivity index (χ0v) is 12.1. The number of piperidine rings is 1. The molecule has 1 aliphatic rings. The van der Waals surface area contributed by atoms with Crippen molar-refractivity contribution in [2.45, 2.75) is 39.2 Å². The Hall–Kier alpha value is -1.36. The summed E-state index contributed by atoms with van der Waals surface area (Å²) in [5.74, 6) is 2.83. The van der Waals surface area contributed by atoms with Crippen molar-refractivity contribution in [1.29, 1.82) is 0 Å². The van der Waals surface area contributed by atoms with Crippen molar-refractivity contribution in [3.05, 3.63) is 11.9 Å². The zero-order chi connectivity index (χ0) is 13.7. The minimum absolute atomic E-state index is 0.414. The summed E-state index contributed by atoms with van der Waals surface area (Å²) in [6.07, 6.45) is 3.43. The number of aryl methyl sites for hydroxylation is 1. The second kappa shape index (κ2) is 6.70. The van der Waals surface area contributed by atoms with E-state index in [4.69, 9.17) is 4.74 Å². The van der Waals surface area contributed by atoms with Crippen LogP contribution in [-0.4, -0.2) is 42.8 Å². The topological polar surface area (TPSA) is 50.3 Å². The predicted molar refractivity (Wildman–Crippen MR) is 77.8 cm³/mol. The standard InChI is InChI=1S/C14H24N4O/c1-4-12-16-13(15-3)10-14(17-12)18-8-6-11(7-9-18)19-5-2/h10-11H,4-9H2,1-3H3,(H,15,16,17). The van der Waals surface area contributed by atoms with E-state index in [2.05, 4.69) is 34.0 Å². The van der Waals surface area contributed by atoms with Crippen molar-refractivity contribution in [2.75, 3.05) is 37.0 Å². The third-order valence-corrected chi connectivity index (χ3v) is 3.50. The van der Waals surface area contributed by atoms with E-state index in [0.29, 0.717) is 6.10 Å². The SMILES string of the molecule is CCOC1CCN(c2cc(NC)nc(CC)n2)CC1. The molecular formula is C14H24N4O. The molecule has 0 amide bonds. The molecule has 0 atom stereocenters. The average molecular weight is 264 g/mol. The molecule has 5 nitrogen and oxygen atoms in total. The lowest BCUT2D eigenvalue weighted by atomic mass is 10.1. The fourth-order valence-corrected chi connectivity index (χ4v) is 2.42. The number of hydrogen-bond acceptors (Lipinski definition) is 5. The maximum absolute atomic E-state index is 5.69. The van der Waals surface area contributed by atoms with Gasteiger partial charge in [-0.05, 0) is 19.8 Å². The maximum Gasteiger partial charge on any atom is 0.134 e. The van der Waals surface area contributed by atoms with Gasteiger partial charge >= 0.3 is 0 Å². The van der Waals surface area contributed by atoms with Crippen molar-refractivity contribution in [1.82, 2.24) is 9.97 Å². The van der Waals surface area contributed by atoms with E-state index < -0.39 is 0 Å². The van der Waals surface area contributed by atoms with E-state index in [9.17, 15) is 0 Å². The number of anilines is 2. The van der Waals surface area contributed by atoms with Crippen LogP contribution in [0.3, 0.4) is 0 Å². The monoisotopic (exact) mass is 264 g/mol. The van der Waals surface area contributed by atoms with Crippen LogP contribution in [0, 0.1) is 0 Å². The summed E-state index contributed by atoms with van der Waals surface area (Å²) in [4.78, 5) is 11.4. The molecule has 19 heavy (non-hydrogen) atoms. The highest BCUT2D eigenvalue weighted by Crippen LogP contribution is 2.21. The summed E-state index contributed by atoms with van der Waals surface area (Å²) in [6.45, 7) is 6.97. The highest BCUT2D eigenvalue weighted by Gasteiger charge is 2.20. The zero-order valence-electron chi connectivity index (χ0n) is 12.1. The number of hydrogen-bond donors (Lipinski definition) is 1. The van der Waals surface area contributed by atoms with E-state index in [1.165, 1.54) is 0 Å². The Morgan fingerprint density at radius 1 is 1.32 bits per heavy atom. The first kappa shape index (κ1) is 14.1. The van der Waals surface area contributed by atoms with E-state index >= 15 is 0 Å². The van der Waals surface area contributed by atoms with E-state index in [0.717, 1.165) is 56.4 Å². The maximum atomic E-state index is 5.69. The molecule has 5 heteroatoms. The van der Waals surface area contributed by atoms with Crippen LogP contribution in [-0.2, 0) is 11.2 Å². The average Bonchev–Trinajstić information content (AvgIpc) is 2.47. The summed E-state index contributed by atoms with van der Waals surface area (Å²) in [5.41, 5.74) is 0. The van der Waals surface area contributed by atoms with Crippen LogP contribution in [0.4, 0.5) is 11.6 Å². The molecule has 0 aliphatic carbocycles. The van der Waals surface area contributed by atoms with Crippen LogP contribution in [0.15, 0.2) is 6.07 Å². The van der Waals surface area contributed by atoms with Gasteiger partial charge in [0.05, 0.1) is 6.10 Å². The summed E-state index contributed by atoms with van der Waals surface area (Å²) in [7, 11) is 1.90. The van der Waals surface area contributed by atoms with E-state index in [-0.39, 0.29) is 0 Å². The molecule has 1 aliphatic heterocycles. The summed E-state index contributed by atoms with van der Waals surface area (Å²) >= 11 is 0. The molecule has 0 unspecified atom stereocenters. The Kier molecular flexibility index (Phi) is 4.96. The Balaban J connectivity index is 2.06. The molecule has 0 aromatic carbocycles. The molecule has 2 rings (SSSR count). The molecule has 1 N–H and O–H groups in total. The number of nitrogens with one attached hydrogen (secondary N) is 1. The third-order valence-electron chi connectivity index (χ3n) is 3.50. The van der Waals surface area contributed by atoms with Gasteiger partial charge in [-0.2, -0.15) is 0 Å². The van der Waals surface area contributed by atoms with E-state index in [1.807, 2.05) is 13.1 Å². The van der Waals surface area contributed by atoms with Gasteiger partial charge in [0.15, 0.2) is 0 Å². The molecular weight excluding hydrogens is 240 g/mol. The fourth-order valence-electron chi connectivity index (χ4n) is 2.42. The third kappa shape index (κ3) is 3.56. The number of nitrogens with zero attached hydrogens (tertiary/aromatic N) is 3. The van der Waals surface area contributed by atoms with Crippen molar-refractivity contribution >= 4 is 11.6 Å². The highest BCUT2D eigenvalue weighted by molar-refractivity contribution is 5.49. The van der Waals surface area contributed by atoms with Crippen LogP contribution in [0.2, 0.25) is 0 Å². The van der Waals surface area contributed by atoms with Gasteiger partial charge in [0.25, 0.3) is 0 Å².